The Morgan fingerprint density at radius 3 is 2.06 bits per heavy atom. The number of rotatable bonds is 10. The van der Waals surface area contributed by atoms with Gasteiger partial charge >= 0.3 is 12.2 Å². The Balaban J connectivity index is 1.11. The smallest absolute Gasteiger partial charge is 0.407 e. The first-order valence-corrected chi connectivity index (χ1v) is 17.6. The SMILES string of the molecule is COC(=O)NCC(=O)N1CCCC1c1ncc(-c2ccc(-c3ccc(-c4cnc(C5(C)CCCN5C(=O)C(NC(=O)OC)C(C)C)[nH]4)cc3)cc2)[nH]1. The molecule has 4 N–H and O–H groups in total. The van der Waals surface area contributed by atoms with Crippen LogP contribution in [0.2, 0.25) is 0 Å². The molecule has 3 unspecified atom stereocenters. The van der Waals surface area contributed by atoms with Crippen molar-refractivity contribution in [3.8, 4) is 33.6 Å². The van der Waals surface area contributed by atoms with Gasteiger partial charge in [0.25, 0.3) is 0 Å². The quantitative estimate of drug-likeness (QED) is 0.170. The fraction of sp³-hybridized carbons (Fsp3) is 0.421. The van der Waals surface area contributed by atoms with E-state index in [2.05, 4.69) is 54.6 Å². The molecule has 14 heteroatoms. The summed E-state index contributed by atoms with van der Waals surface area (Å²) in [5, 5.41) is 5.16. The van der Waals surface area contributed by atoms with E-state index < -0.39 is 23.8 Å². The van der Waals surface area contributed by atoms with Gasteiger partial charge in [-0.05, 0) is 60.8 Å². The number of benzene rings is 2. The van der Waals surface area contributed by atoms with E-state index in [9.17, 15) is 19.2 Å². The van der Waals surface area contributed by atoms with E-state index >= 15 is 0 Å². The fourth-order valence-corrected chi connectivity index (χ4v) is 7.18. The molecule has 2 aromatic heterocycles. The van der Waals surface area contributed by atoms with E-state index in [1.54, 1.807) is 17.3 Å². The second-order valence-electron chi connectivity index (χ2n) is 13.8. The highest BCUT2D eigenvalue weighted by molar-refractivity contribution is 5.87. The van der Waals surface area contributed by atoms with Crippen LogP contribution in [0.1, 0.15) is 64.1 Å². The molecule has 0 radical (unpaired) electrons. The Hall–Kier alpha value is -5.66. The van der Waals surface area contributed by atoms with Crippen LogP contribution in [0.5, 0.6) is 0 Å². The van der Waals surface area contributed by atoms with E-state index in [0.717, 1.165) is 65.1 Å². The van der Waals surface area contributed by atoms with Crippen molar-refractivity contribution in [1.29, 1.82) is 0 Å². The van der Waals surface area contributed by atoms with E-state index in [-0.39, 0.29) is 30.3 Å². The summed E-state index contributed by atoms with van der Waals surface area (Å²) in [6, 6.07) is 15.6. The van der Waals surface area contributed by atoms with Crippen LogP contribution in [0.3, 0.4) is 0 Å². The molecule has 2 saturated heterocycles. The number of hydrogen-bond donors (Lipinski definition) is 4. The Bertz CT molecular complexity index is 1900. The minimum atomic E-state index is -0.706. The number of ether oxygens (including phenoxy) is 2. The summed E-state index contributed by atoms with van der Waals surface area (Å²) in [4.78, 5) is 69.6. The second-order valence-corrected chi connectivity index (χ2v) is 13.8. The third-order valence-electron chi connectivity index (χ3n) is 10.2. The summed E-state index contributed by atoms with van der Waals surface area (Å²) in [5.41, 5.74) is 5.11. The van der Waals surface area contributed by atoms with Crippen LogP contribution in [0.4, 0.5) is 9.59 Å². The molecule has 2 aliphatic heterocycles. The first-order valence-electron chi connectivity index (χ1n) is 17.6. The Labute approximate surface area is 302 Å². The monoisotopic (exact) mass is 710 g/mol. The molecule has 274 valence electrons. The molecule has 6 rings (SSSR count). The summed E-state index contributed by atoms with van der Waals surface area (Å²) in [7, 11) is 2.55. The molecule has 52 heavy (non-hydrogen) atoms. The lowest BCUT2D eigenvalue weighted by molar-refractivity contribution is -0.138. The van der Waals surface area contributed by atoms with Crippen LogP contribution < -0.4 is 10.6 Å². The normalized spacial score (nSPS) is 19.1. The number of imidazole rings is 2. The molecule has 14 nitrogen and oxygen atoms in total. The number of nitrogens with one attached hydrogen (secondary N) is 4. The lowest BCUT2D eigenvalue weighted by atomic mass is 9.95. The maximum atomic E-state index is 13.7. The van der Waals surface area contributed by atoms with Gasteiger partial charge in [-0.1, -0.05) is 62.4 Å². The van der Waals surface area contributed by atoms with Crippen LogP contribution in [-0.4, -0.2) is 93.6 Å². The zero-order valence-electron chi connectivity index (χ0n) is 30.2. The molecule has 4 amide bonds. The topological polar surface area (TPSA) is 175 Å². The number of hydrogen-bond acceptors (Lipinski definition) is 8. The molecular formula is C38H46N8O6. The molecule has 2 fully saturated rings. The highest BCUT2D eigenvalue weighted by Crippen LogP contribution is 2.39. The Morgan fingerprint density at radius 2 is 1.44 bits per heavy atom. The molecular weight excluding hydrogens is 664 g/mol. The number of aromatic amines is 2. The lowest BCUT2D eigenvalue weighted by Crippen LogP contribution is -2.55. The van der Waals surface area contributed by atoms with E-state index in [4.69, 9.17) is 9.72 Å². The van der Waals surface area contributed by atoms with E-state index in [1.165, 1.54) is 14.2 Å². The molecule has 0 bridgehead atoms. The largest absolute Gasteiger partial charge is 0.453 e. The van der Waals surface area contributed by atoms with Crippen molar-refractivity contribution in [3.63, 3.8) is 0 Å². The highest BCUT2D eigenvalue weighted by atomic mass is 16.5. The number of alkyl carbamates (subject to hydrolysis) is 2. The Morgan fingerprint density at radius 1 is 0.846 bits per heavy atom. The number of carbonyl (C=O) groups is 4. The molecule has 4 heterocycles. The lowest BCUT2D eigenvalue weighted by Gasteiger charge is -2.37. The van der Waals surface area contributed by atoms with E-state index in [0.29, 0.717) is 18.9 Å². The van der Waals surface area contributed by atoms with Crippen molar-refractivity contribution >= 4 is 24.0 Å². The number of methoxy groups -OCH3 is 2. The zero-order chi connectivity index (χ0) is 37.0. The molecule has 0 spiro atoms. The van der Waals surface area contributed by atoms with E-state index in [1.807, 2.05) is 49.9 Å². The van der Waals surface area contributed by atoms with Gasteiger partial charge in [-0.25, -0.2) is 19.6 Å². The molecule has 4 aromatic rings. The zero-order valence-corrected chi connectivity index (χ0v) is 30.2. The Kier molecular flexibility index (Phi) is 10.6. The van der Waals surface area contributed by atoms with Crippen molar-refractivity contribution in [2.75, 3.05) is 33.9 Å². The number of aromatic nitrogens is 4. The van der Waals surface area contributed by atoms with Crippen molar-refractivity contribution in [2.45, 2.75) is 64.1 Å². The van der Waals surface area contributed by atoms with Crippen LogP contribution in [0, 0.1) is 5.92 Å². The standard InChI is InChI=1S/C38H46N8O6/c1-23(2)32(44-37(50)52-5)34(48)46-19-7-17-38(46,3)35-40-21-29(43-35)27-15-11-25(12-16-27)24-9-13-26(14-10-24)28-20-39-33(42-28)30-8-6-18-45(30)31(47)22-41-36(49)51-4/h9-16,20-21,23,30,32H,6-8,17-19,22H2,1-5H3,(H,39,42)(H,40,43)(H,41,49)(H,44,50). The van der Waals surface area contributed by atoms with Crippen LogP contribution >= 0.6 is 0 Å². The van der Waals surface area contributed by atoms with Crippen molar-refractivity contribution in [2.24, 2.45) is 5.92 Å². The summed E-state index contributed by atoms with van der Waals surface area (Å²) in [6.07, 6.45) is 5.54. The van der Waals surface area contributed by atoms with Gasteiger partial charge in [-0.2, -0.15) is 0 Å². The number of carbonyl (C=O) groups excluding carboxylic acids is 4. The average molecular weight is 711 g/mol. The number of amides is 4. The number of likely N-dealkylation sites (tertiary alicyclic amines) is 2. The highest BCUT2D eigenvalue weighted by Gasteiger charge is 2.46. The summed E-state index contributed by atoms with van der Waals surface area (Å²) >= 11 is 0. The predicted octanol–water partition coefficient (Wildman–Crippen LogP) is 5.37. The summed E-state index contributed by atoms with van der Waals surface area (Å²) in [5.74, 6) is 0.978. The van der Waals surface area contributed by atoms with Crippen molar-refractivity contribution < 1.29 is 28.7 Å². The maximum Gasteiger partial charge on any atom is 0.407 e. The average Bonchev–Trinajstić information content (AvgIpc) is 3.99. The van der Waals surface area contributed by atoms with Crippen molar-refractivity contribution in [1.82, 2.24) is 40.4 Å². The van der Waals surface area contributed by atoms with Crippen LogP contribution in [-0.2, 0) is 24.6 Å². The van der Waals surface area contributed by atoms with Gasteiger partial charge in [0.05, 0.1) is 49.6 Å². The summed E-state index contributed by atoms with van der Waals surface area (Å²) < 4.78 is 9.34. The minimum absolute atomic E-state index is 0.117. The van der Waals surface area contributed by atoms with Gasteiger partial charge in [0.1, 0.15) is 24.2 Å². The first-order chi connectivity index (χ1) is 25.0. The predicted molar refractivity (Wildman–Crippen MR) is 194 cm³/mol. The third kappa shape index (κ3) is 7.37. The molecule has 0 aliphatic carbocycles. The summed E-state index contributed by atoms with van der Waals surface area (Å²) in [6.45, 7) is 6.87. The second kappa shape index (κ2) is 15.3. The van der Waals surface area contributed by atoms with Gasteiger partial charge in [0.15, 0.2) is 0 Å². The number of nitrogens with zero attached hydrogens (tertiary/aromatic N) is 4. The van der Waals surface area contributed by atoms with Gasteiger partial charge in [-0.3, -0.25) is 9.59 Å². The van der Waals surface area contributed by atoms with Crippen LogP contribution in [0.25, 0.3) is 33.6 Å². The van der Waals surface area contributed by atoms with Gasteiger partial charge in [0.2, 0.25) is 11.8 Å². The van der Waals surface area contributed by atoms with Gasteiger partial charge < -0.3 is 39.9 Å². The number of H-pyrrole nitrogens is 2. The van der Waals surface area contributed by atoms with Crippen LogP contribution in [0.15, 0.2) is 60.9 Å². The first kappa shape index (κ1) is 36.1. The fourth-order valence-electron chi connectivity index (χ4n) is 7.18. The maximum absolute atomic E-state index is 13.7. The molecule has 2 aliphatic rings. The minimum Gasteiger partial charge on any atom is -0.453 e. The van der Waals surface area contributed by atoms with Gasteiger partial charge in [-0.15, -0.1) is 0 Å². The molecule has 3 atom stereocenters. The third-order valence-corrected chi connectivity index (χ3v) is 10.2. The molecule has 0 saturated carbocycles. The molecule has 2 aromatic carbocycles. The van der Waals surface area contributed by atoms with Gasteiger partial charge in [0, 0.05) is 13.1 Å². The van der Waals surface area contributed by atoms with Crippen molar-refractivity contribution in [3.05, 3.63) is 72.6 Å².